The first kappa shape index (κ1) is 48.4. The zero-order chi connectivity index (χ0) is 36.4. The van der Waals surface area contributed by atoms with E-state index in [9.17, 15) is 9.59 Å². The van der Waals surface area contributed by atoms with Crippen LogP contribution < -0.4 is 0 Å². The molecule has 0 aliphatic heterocycles. The van der Waals surface area contributed by atoms with Gasteiger partial charge in [-0.15, -0.1) is 0 Å². The fourth-order valence-corrected chi connectivity index (χ4v) is 6.13. The highest BCUT2D eigenvalue weighted by Crippen LogP contribution is 2.13. The van der Waals surface area contributed by atoms with Crippen LogP contribution in [-0.2, 0) is 23.8 Å². The number of esters is 2. The lowest BCUT2D eigenvalue weighted by atomic mass is 10.1. The van der Waals surface area contributed by atoms with Crippen LogP contribution in [0.5, 0.6) is 0 Å². The number of carbonyl (C=O) groups excluding carboxylic acids is 2. The quantitative estimate of drug-likeness (QED) is 0.0361. The van der Waals surface area contributed by atoms with Crippen molar-refractivity contribution < 1.29 is 23.8 Å². The molecule has 0 saturated carbocycles. The second-order valence-corrected chi connectivity index (χ2v) is 14.6. The van der Waals surface area contributed by atoms with Gasteiger partial charge in [0.25, 0.3) is 0 Å². The van der Waals surface area contributed by atoms with Crippen molar-refractivity contribution >= 4 is 11.9 Å². The topological polar surface area (TPSA) is 61.8 Å². The van der Waals surface area contributed by atoms with Crippen molar-refractivity contribution in [2.45, 2.75) is 232 Å². The van der Waals surface area contributed by atoms with Gasteiger partial charge in [-0.2, -0.15) is 0 Å². The van der Waals surface area contributed by atoms with Gasteiger partial charge in [0.2, 0.25) is 0 Å². The zero-order valence-corrected chi connectivity index (χ0v) is 33.7. The highest BCUT2D eigenvalue weighted by Gasteiger charge is 2.17. The summed E-state index contributed by atoms with van der Waals surface area (Å²) in [5.41, 5.74) is 0. The Morgan fingerprint density at radius 3 is 1.28 bits per heavy atom. The molecule has 50 heavy (non-hydrogen) atoms. The average molecular weight is 705 g/mol. The van der Waals surface area contributed by atoms with E-state index in [2.05, 4.69) is 45.1 Å². The fraction of sp³-hybridized carbons (Fsp3) is 0.867. The standard InChI is InChI=1S/C45H84O5/c1-4-7-10-13-16-19-21-22-23-24-26-27-29-32-35-38-44(46)49-42-43(41-48-40-37-34-31-18-15-12-9-6-3)50-45(47)39-36-33-30-28-25-20-17-14-11-8-5-2/h14,17,22-23,43H,4-13,15-16,18-21,24-42H2,1-3H3/b17-14-,23-22-. The molecular formula is C45H84O5. The van der Waals surface area contributed by atoms with Crippen LogP contribution in [0.1, 0.15) is 226 Å². The number of ether oxygens (including phenoxy) is 3. The summed E-state index contributed by atoms with van der Waals surface area (Å²) in [5, 5.41) is 0. The molecular weight excluding hydrogens is 620 g/mol. The zero-order valence-electron chi connectivity index (χ0n) is 33.7. The summed E-state index contributed by atoms with van der Waals surface area (Å²) < 4.78 is 17.2. The highest BCUT2D eigenvalue weighted by atomic mass is 16.6. The van der Waals surface area contributed by atoms with Crippen molar-refractivity contribution in [2.75, 3.05) is 19.8 Å². The van der Waals surface area contributed by atoms with Gasteiger partial charge in [-0.1, -0.05) is 173 Å². The van der Waals surface area contributed by atoms with Gasteiger partial charge in [-0.3, -0.25) is 9.59 Å². The van der Waals surface area contributed by atoms with E-state index in [1.807, 2.05) is 0 Å². The van der Waals surface area contributed by atoms with Crippen LogP contribution in [0.15, 0.2) is 24.3 Å². The first-order valence-electron chi connectivity index (χ1n) is 21.9. The summed E-state index contributed by atoms with van der Waals surface area (Å²) in [6.07, 6.45) is 46.0. The summed E-state index contributed by atoms with van der Waals surface area (Å²) in [4.78, 5) is 25.1. The maximum absolute atomic E-state index is 12.6. The highest BCUT2D eigenvalue weighted by molar-refractivity contribution is 5.70. The molecule has 0 aromatic carbocycles. The number of carbonyl (C=O) groups is 2. The van der Waals surface area contributed by atoms with Crippen LogP contribution >= 0.6 is 0 Å². The molecule has 0 amide bonds. The van der Waals surface area contributed by atoms with Gasteiger partial charge in [0.05, 0.1) is 6.61 Å². The van der Waals surface area contributed by atoms with E-state index in [1.54, 1.807) is 0 Å². The van der Waals surface area contributed by atoms with Gasteiger partial charge >= 0.3 is 11.9 Å². The molecule has 0 aromatic heterocycles. The average Bonchev–Trinajstić information content (AvgIpc) is 3.11. The van der Waals surface area contributed by atoms with Gasteiger partial charge < -0.3 is 14.2 Å². The normalized spacial score (nSPS) is 12.3. The molecule has 0 radical (unpaired) electrons. The Morgan fingerprint density at radius 2 is 0.800 bits per heavy atom. The maximum atomic E-state index is 12.6. The predicted molar refractivity (Wildman–Crippen MR) is 215 cm³/mol. The lowest BCUT2D eigenvalue weighted by Gasteiger charge is -2.18. The first-order chi connectivity index (χ1) is 24.6. The van der Waals surface area contributed by atoms with E-state index < -0.39 is 6.10 Å². The number of rotatable bonds is 40. The molecule has 0 heterocycles. The van der Waals surface area contributed by atoms with Crippen molar-refractivity contribution in [1.82, 2.24) is 0 Å². The van der Waals surface area contributed by atoms with Crippen LogP contribution in [0.3, 0.4) is 0 Å². The molecule has 0 fully saturated rings. The number of hydrogen-bond donors (Lipinski definition) is 0. The minimum absolute atomic E-state index is 0.0822. The van der Waals surface area contributed by atoms with Crippen molar-refractivity contribution in [2.24, 2.45) is 0 Å². The molecule has 5 nitrogen and oxygen atoms in total. The van der Waals surface area contributed by atoms with Gasteiger partial charge in [0.1, 0.15) is 6.61 Å². The number of allylic oxidation sites excluding steroid dienone is 4. The SMILES string of the molecule is CCCC/C=C\CCCCCCCC(=O)OC(COCCCCCCCCCC)COC(=O)CCCCCCC/C=C\CCCCCCCC. The molecule has 0 aromatic rings. The lowest BCUT2D eigenvalue weighted by molar-refractivity contribution is -0.163. The van der Waals surface area contributed by atoms with Crippen LogP contribution in [0.4, 0.5) is 0 Å². The minimum atomic E-state index is -0.533. The van der Waals surface area contributed by atoms with Crippen molar-refractivity contribution in [3.63, 3.8) is 0 Å². The van der Waals surface area contributed by atoms with E-state index in [1.165, 1.54) is 128 Å². The summed E-state index contributed by atoms with van der Waals surface area (Å²) in [6.45, 7) is 7.77. The van der Waals surface area contributed by atoms with E-state index in [4.69, 9.17) is 14.2 Å². The second-order valence-electron chi connectivity index (χ2n) is 14.6. The Bertz CT molecular complexity index is 761. The Kier molecular flexibility index (Phi) is 40.4. The third-order valence-electron chi connectivity index (χ3n) is 9.46. The van der Waals surface area contributed by atoms with Crippen LogP contribution in [0, 0.1) is 0 Å². The Morgan fingerprint density at radius 1 is 0.420 bits per heavy atom. The second kappa shape index (κ2) is 41.8. The van der Waals surface area contributed by atoms with E-state index in [0.717, 1.165) is 64.2 Å². The van der Waals surface area contributed by atoms with Gasteiger partial charge in [-0.05, 0) is 64.2 Å². The summed E-state index contributed by atoms with van der Waals surface area (Å²) >= 11 is 0. The number of unbranched alkanes of at least 4 members (excludes halogenated alkanes) is 25. The molecule has 0 bridgehead atoms. The largest absolute Gasteiger partial charge is 0.462 e. The van der Waals surface area contributed by atoms with Crippen LogP contribution in [0.25, 0.3) is 0 Å². The van der Waals surface area contributed by atoms with E-state index in [-0.39, 0.29) is 25.2 Å². The van der Waals surface area contributed by atoms with Crippen molar-refractivity contribution in [1.29, 1.82) is 0 Å². The van der Waals surface area contributed by atoms with Gasteiger partial charge in [0, 0.05) is 19.4 Å². The van der Waals surface area contributed by atoms with Crippen molar-refractivity contribution in [3.8, 4) is 0 Å². The molecule has 0 spiro atoms. The summed E-state index contributed by atoms with van der Waals surface area (Å²) in [7, 11) is 0. The third-order valence-corrected chi connectivity index (χ3v) is 9.46. The Labute approximate surface area is 311 Å². The summed E-state index contributed by atoms with van der Waals surface area (Å²) in [5.74, 6) is -0.412. The predicted octanol–water partition coefficient (Wildman–Crippen LogP) is 14.1. The minimum Gasteiger partial charge on any atom is -0.462 e. The molecule has 294 valence electrons. The monoisotopic (exact) mass is 705 g/mol. The fourth-order valence-electron chi connectivity index (χ4n) is 6.13. The Hall–Kier alpha value is -1.62. The molecule has 0 N–H and O–H groups in total. The smallest absolute Gasteiger partial charge is 0.306 e. The first-order valence-corrected chi connectivity index (χ1v) is 21.9. The summed E-state index contributed by atoms with van der Waals surface area (Å²) in [6, 6.07) is 0. The van der Waals surface area contributed by atoms with E-state index >= 15 is 0 Å². The molecule has 5 heteroatoms. The maximum Gasteiger partial charge on any atom is 0.306 e. The van der Waals surface area contributed by atoms with Gasteiger partial charge in [0.15, 0.2) is 6.10 Å². The lowest BCUT2D eigenvalue weighted by Crippen LogP contribution is -2.30. The molecule has 1 atom stereocenters. The van der Waals surface area contributed by atoms with Crippen molar-refractivity contribution in [3.05, 3.63) is 24.3 Å². The number of hydrogen-bond acceptors (Lipinski definition) is 5. The molecule has 1 unspecified atom stereocenters. The third kappa shape index (κ3) is 39.2. The van der Waals surface area contributed by atoms with Crippen LogP contribution in [0.2, 0.25) is 0 Å². The molecule has 0 saturated heterocycles. The molecule has 0 rings (SSSR count). The van der Waals surface area contributed by atoms with E-state index in [0.29, 0.717) is 19.4 Å². The van der Waals surface area contributed by atoms with Gasteiger partial charge in [-0.25, -0.2) is 0 Å². The Balaban J connectivity index is 4.19. The molecule has 0 aliphatic carbocycles. The van der Waals surface area contributed by atoms with Crippen LogP contribution in [-0.4, -0.2) is 37.9 Å². The molecule has 0 aliphatic rings.